The number of benzene rings is 1. The zero-order valence-corrected chi connectivity index (χ0v) is 24.8. The largest absolute Gasteiger partial charge is 0.465 e. The maximum atomic E-state index is 14.3. The second-order valence-electron chi connectivity index (χ2n) is 11.7. The predicted molar refractivity (Wildman–Crippen MR) is 155 cm³/mol. The number of amides is 3. The fourth-order valence-electron chi connectivity index (χ4n) is 6.10. The van der Waals surface area contributed by atoms with Crippen molar-refractivity contribution in [2.45, 2.75) is 64.6 Å². The highest BCUT2D eigenvalue weighted by molar-refractivity contribution is 5.95. The summed E-state index contributed by atoms with van der Waals surface area (Å²) in [5.74, 6) is -0.301. The van der Waals surface area contributed by atoms with Gasteiger partial charge in [-0.05, 0) is 50.2 Å². The van der Waals surface area contributed by atoms with Gasteiger partial charge in [-0.15, -0.1) is 0 Å². The highest BCUT2D eigenvalue weighted by atomic mass is 16.5. The van der Waals surface area contributed by atoms with Crippen molar-refractivity contribution in [2.24, 2.45) is 11.8 Å². The van der Waals surface area contributed by atoms with Crippen LogP contribution in [0.4, 0.5) is 4.79 Å². The number of carbonyl (C=O) groups excluding carboxylic acids is 2. The van der Waals surface area contributed by atoms with Crippen molar-refractivity contribution < 1.29 is 29.0 Å². The Kier molecular flexibility index (Phi) is 10.6. The van der Waals surface area contributed by atoms with Gasteiger partial charge in [0.25, 0.3) is 5.91 Å². The summed E-state index contributed by atoms with van der Waals surface area (Å²) in [6, 6.07) is 7.27. The average Bonchev–Trinajstić information content (AvgIpc) is 3.35. The van der Waals surface area contributed by atoms with Crippen LogP contribution in [-0.4, -0.2) is 113 Å². The number of aromatic nitrogens is 2. The SMILES string of the molecule is COCCCCn1c(C(=O)N(CC(C)C)[C@H]2C[C@@H](C(=O)N3CCC(OC)CC3)CN(C(=O)O)C2)nc2ccccc21. The number of likely N-dealkylation sites (tertiary alicyclic amines) is 2. The Balaban J connectivity index is 1.62. The van der Waals surface area contributed by atoms with E-state index in [0.717, 1.165) is 36.7 Å². The summed E-state index contributed by atoms with van der Waals surface area (Å²) in [6.07, 6.45) is 2.69. The molecule has 1 N–H and O–H groups in total. The standard InChI is InChI=1S/C30H45N5O6/c1-21(2)18-35(29(37)27-31-25-9-5-6-10-26(25)34(27)13-7-8-16-40-3)23-17-22(19-33(20-23)30(38)39)28(36)32-14-11-24(41-4)12-15-32/h5-6,9-10,21-24H,7-8,11-20H2,1-4H3,(H,38,39)/t22-,23+/m1/s1. The van der Waals surface area contributed by atoms with Crippen molar-refractivity contribution >= 4 is 28.9 Å². The third-order valence-corrected chi connectivity index (χ3v) is 8.22. The molecule has 2 aliphatic rings. The summed E-state index contributed by atoms with van der Waals surface area (Å²) in [7, 11) is 3.36. The molecule has 3 heterocycles. The third-order valence-electron chi connectivity index (χ3n) is 8.22. The van der Waals surface area contributed by atoms with Gasteiger partial charge in [0.05, 0.1) is 29.1 Å². The molecular formula is C30H45N5O6. The Labute approximate surface area is 242 Å². The maximum absolute atomic E-state index is 14.3. The first kappa shape index (κ1) is 30.8. The van der Waals surface area contributed by atoms with Gasteiger partial charge in [0.2, 0.25) is 5.91 Å². The minimum Gasteiger partial charge on any atom is -0.465 e. The number of aryl methyl sites for hydroxylation is 1. The number of carboxylic acid groups (broad SMARTS) is 1. The van der Waals surface area contributed by atoms with Crippen molar-refractivity contribution in [1.29, 1.82) is 0 Å². The van der Waals surface area contributed by atoms with Crippen LogP contribution in [0.3, 0.4) is 0 Å². The second kappa shape index (κ2) is 14.1. The first-order valence-corrected chi connectivity index (χ1v) is 14.8. The molecule has 2 aromatic rings. The van der Waals surface area contributed by atoms with Crippen LogP contribution in [0.5, 0.6) is 0 Å². The van der Waals surface area contributed by atoms with E-state index in [9.17, 15) is 19.5 Å². The molecule has 0 saturated carbocycles. The fourth-order valence-corrected chi connectivity index (χ4v) is 6.10. The second-order valence-corrected chi connectivity index (χ2v) is 11.7. The van der Waals surface area contributed by atoms with E-state index in [-0.39, 0.29) is 36.9 Å². The van der Waals surface area contributed by atoms with Crippen LogP contribution in [0, 0.1) is 11.8 Å². The van der Waals surface area contributed by atoms with E-state index in [1.165, 1.54) is 4.90 Å². The molecule has 0 bridgehead atoms. The molecule has 4 rings (SSSR count). The Hall–Kier alpha value is -3.18. The quantitative estimate of drug-likeness (QED) is 0.410. The topological polar surface area (TPSA) is 117 Å². The third kappa shape index (κ3) is 7.37. The van der Waals surface area contributed by atoms with E-state index < -0.39 is 18.1 Å². The lowest BCUT2D eigenvalue weighted by Gasteiger charge is -2.43. The Bertz CT molecular complexity index is 1190. The van der Waals surface area contributed by atoms with Crippen molar-refractivity contribution in [3.05, 3.63) is 30.1 Å². The summed E-state index contributed by atoms with van der Waals surface area (Å²) in [4.78, 5) is 49.8. The lowest BCUT2D eigenvalue weighted by Crippen LogP contribution is -2.58. The minimum atomic E-state index is -1.08. The molecule has 0 spiro atoms. The zero-order chi connectivity index (χ0) is 29.5. The maximum Gasteiger partial charge on any atom is 0.407 e. The van der Waals surface area contributed by atoms with Crippen LogP contribution < -0.4 is 0 Å². The number of ether oxygens (including phenoxy) is 2. The van der Waals surface area contributed by atoms with Gasteiger partial charge >= 0.3 is 6.09 Å². The van der Waals surface area contributed by atoms with Gasteiger partial charge in [0.1, 0.15) is 0 Å². The molecular weight excluding hydrogens is 526 g/mol. The van der Waals surface area contributed by atoms with Crippen LogP contribution in [-0.2, 0) is 20.8 Å². The van der Waals surface area contributed by atoms with Crippen LogP contribution >= 0.6 is 0 Å². The van der Waals surface area contributed by atoms with Gasteiger partial charge in [-0.1, -0.05) is 26.0 Å². The van der Waals surface area contributed by atoms with Crippen LogP contribution in [0.25, 0.3) is 11.0 Å². The number of fused-ring (bicyclic) bond motifs is 1. The molecule has 0 aliphatic carbocycles. The molecule has 0 radical (unpaired) electrons. The highest BCUT2D eigenvalue weighted by Crippen LogP contribution is 2.28. The summed E-state index contributed by atoms with van der Waals surface area (Å²) >= 11 is 0. The van der Waals surface area contributed by atoms with E-state index in [4.69, 9.17) is 14.5 Å². The first-order valence-electron chi connectivity index (χ1n) is 14.8. The summed E-state index contributed by atoms with van der Waals surface area (Å²) in [6.45, 7) is 7.24. The summed E-state index contributed by atoms with van der Waals surface area (Å²) in [5.41, 5.74) is 1.64. The lowest BCUT2D eigenvalue weighted by molar-refractivity contribution is -0.140. The molecule has 1 aromatic heterocycles. The molecule has 3 amide bonds. The molecule has 41 heavy (non-hydrogen) atoms. The molecule has 2 atom stereocenters. The Morgan fingerprint density at radius 3 is 2.46 bits per heavy atom. The Morgan fingerprint density at radius 2 is 1.80 bits per heavy atom. The molecule has 2 aliphatic heterocycles. The number of carbonyl (C=O) groups is 3. The molecule has 11 heteroatoms. The number of imidazole rings is 1. The van der Waals surface area contributed by atoms with E-state index in [1.807, 2.05) is 47.6 Å². The summed E-state index contributed by atoms with van der Waals surface area (Å²) in [5, 5.41) is 9.99. The smallest absolute Gasteiger partial charge is 0.407 e. The van der Waals surface area contributed by atoms with Gasteiger partial charge in [-0.25, -0.2) is 9.78 Å². The number of hydrogen-bond donors (Lipinski definition) is 1. The van der Waals surface area contributed by atoms with E-state index >= 15 is 0 Å². The van der Waals surface area contributed by atoms with Crippen molar-refractivity contribution in [3.8, 4) is 0 Å². The first-order chi connectivity index (χ1) is 19.7. The minimum absolute atomic E-state index is 0.0437. The number of piperidine rings is 2. The molecule has 2 saturated heterocycles. The number of nitrogens with zero attached hydrogens (tertiary/aromatic N) is 5. The van der Waals surface area contributed by atoms with Crippen LogP contribution in [0.2, 0.25) is 0 Å². The highest BCUT2D eigenvalue weighted by Gasteiger charge is 2.41. The lowest BCUT2D eigenvalue weighted by atomic mass is 9.90. The van der Waals surface area contributed by atoms with Gasteiger partial charge in [0.15, 0.2) is 5.82 Å². The number of para-hydroxylation sites is 2. The van der Waals surface area contributed by atoms with Gasteiger partial charge in [-0.3, -0.25) is 9.59 Å². The van der Waals surface area contributed by atoms with E-state index in [1.54, 1.807) is 19.1 Å². The molecule has 11 nitrogen and oxygen atoms in total. The van der Waals surface area contributed by atoms with Crippen LogP contribution in [0.1, 0.15) is 56.6 Å². The molecule has 1 aromatic carbocycles. The van der Waals surface area contributed by atoms with E-state index in [2.05, 4.69) is 0 Å². The molecule has 0 unspecified atom stereocenters. The predicted octanol–water partition coefficient (Wildman–Crippen LogP) is 3.57. The van der Waals surface area contributed by atoms with Crippen molar-refractivity contribution in [3.63, 3.8) is 0 Å². The fraction of sp³-hybridized carbons (Fsp3) is 0.667. The van der Waals surface area contributed by atoms with Crippen LogP contribution in [0.15, 0.2) is 24.3 Å². The van der Waals surface area contributed by atoms with Gasteiger partial charge < -0.3 is 33.8 Å². The molecule has 2 fully saturated rings. The molecule has 226 valence electrons. The summed E-state index contributed by atoms with van der Waals surface area (Å²) < 4.78 is 12.6. The van der Waals surface area contributed by atoms with Gasteiger partial charge in [0, 0.05) is 60.1 Å². The van der Waals surface area contributed by atoms with Crippen molar-refractivity contribution in [2.75, 3.05) is 53.6 Å². The average molecular weight is 572 g/mol. The van der Waals surface area contributed by atoms with Crippen molar-refractivity contribution in [1.82, 2.24) is 24.3 Å². The van der Waals surface area contributed by atoms with E-state index in [0.29, 0.717) is 45.0 Å². The number of rotatable bonds is 11. The monoisotopic (exact) mass is 571 g/mol. The van der Waals surface area contributed by atoms with Gasteiger partial charge in [-0.2, -0.15) is 0 Å². The Morgan fingerprint density at radius 1 is 1.07 bits per heavy atom. The number of methoxy groups -OCH3 is 2. The number of hydrogen-bond acceptors (Lipinski definition) is 6. The zero-order valence-electron chi connectivity index (χ0n) is 24.8. The number of unbranched alkanes of at least 4 members (excludes halogenated alkanes) is 1. The normalized spacial score (nSPS) is 20.1.